The lowest BCUT2D eigenvalue weighted by atomic mass is 9.96. The molecule has 0 atom stereocenters. The van der Waals surface area contributed by atoms with Gasteiger partial charge >= 0.3 is 0 Å². The summed E-state index contributed by atoms with van der Waals surface area (Å²) in [5.74, 6) is 0.239. The van der Waals surface area contributed by atoms with E-state index in [4.69, 9.17) is 5.26 Å². The molecule has 0 unspecified atom stereocenters. The van der Waals surface area contributed by atoms with Crippen molar-refractivity contribution in [2.45, 2.75) is 19.4 Å². The number of hydrogen-bond donors (Lipinski definition) is 2. The average Bonchev–Trinajstić information content (AvgIpc) is 2.73. The number of nitrogens with zero attached hydrogens (tertiary/aromatic N) is 2. The number of carbonyl (C=O) groups excluding carboxylic acids is 1. The lowest BCUT2D eigenvalue weighted by Gasteiger charge is -2.31. The molecule has 1 saturated heterocycles. The van der Waals surface area contributed by atoms with Gasteiger partial charge in [0.1, 0.15) is 0 Å². The Morgan fingerprint density at radius 3 is 2.44 bits per heavy atom. The van der Waals surface area contributed by atoms with Crippen LogP contribution in [0, 0.1) is 17.2 Å². The van der Waals surface area contributed by atoms with E-state index in [1.807, 2.05) is 30.3 Å². The highest BCUT2D eigenvalue weighted by Gasteiger charge is 2.24. The third kappa shape index (κ3) is 5.83. The Morgan fingerprint density at radius 2 is 1.78 bits per heavy atom. The molecule has 0 saturated carbocycles. The maximum absolute atomic E-state index is 12.4. The second-order valence-corrected chi connectivity index (χ2v) is 6.94. The van der Waals surface area contributed by atoms with Gasteiger partial charge in [0.2, 0.25) is 5.91 Å². The molecule has 3 rings (SSSR count). The van der Waals surface area contributed by atoms with Crippen molar-refractivity contribution in [3.05, 3.63) is 65.7 Å². The van der Waals surface area contributed by atoms with Crippen LogP contribution in [0.3, 0.4) is 0 Å². The van der Waals surface area contributed by atoms with E-state index in [9.17, 15) is 4.79 Å². The van der Waals surface area contributed by atoms with E-state index in [-0.39, 0.29) is 11.8 Å². The van der Waals surface area contributed by atoms with Crippen LogP contribution in [0.2, 0.25) is 0 Å². The van der Waals surface area contributed by atoms with Crippen LogP contribution in [-0.4, -0.2) is 37.0 Å². The number of para-hydroxylation sites is 1. The van der Waals surface area contributed by atoms with Gasteiger partial charge in [0.05, 0.1) is 11.6 Å². The maximum Gasteiger partial charge on any atom is 0.223 e. The summed E-state index contributed by atoms with van der Waals surface area (Å²) in [5, 5.41) is 15.3. The van der Waals surface area contributed by atoms with Crippen molar-refractivity contribution in [3.63, 3.8) is 0 Å². The molecule has 2 aromatic rings. The average molecular weight is 362 g/mol. The zero-order valence-corrected chi connectivity index (χ0v) is 15.5. The lowest BCUT2D eigenvalue weighted by molar-refractivity contribution is -0.126. The van der Waals surface area contributed by atoms with Gasteiger partial charge in [-0.3, -0.25) is 4.79 Å². The third-order valence-electron chi connectivity index (χ3n) is 5.04. The minimum atomic E-state index is 0.0988. The lowest BCUT2D eigenvalue weighted by Crippen LogP contribution is -2.41. The minimum absolute atomic E-state index is 0.0988. The van der Waals surface area contributed by atoms with Crippen molar-refractivity contribution in [3.8, 4) is 6.07 Å². The number of nitrogens with one attached hydrogen (secondary N) is 2. The van der Waals surface area contributed by atoms with Gasteiger partial charge < -0.3 is 15.5 Å². The number of amides is 1. The van der Waals surface area contributed by atoms with Gasteiger partial charge in [0, 0.05) is 31.2 Å². The van der Waals surface area contributed by atoms with Crippen molar-refractivity contribution in [1.29, 1.82) is 5.26 Å². The number of hydrogen-bond acceptors (Lipinski definition) is 4. The Kier molecular flexibility index (Phi) is 6.84. The third-order valence-corrected chi connectivity index (χ3v) is 5.04. The summed E-state index contributed by atoms with van der Waals surface area (Å²) in [6.45, 7) is 4.36. The van der Waals surface area contributed by atoms with E-state index in [1.165, 1.54) is 0 Å². The van der Waals surface area contributed by atoms with Gasteiger partial charge in [0.25, 0.3) is 0 Å². The van der Waals surface area contributed by atoms with Crippen LogP contribution in [0.1, 0.15) is 24.0 Å². The highest BCUT2D eigenvalue weighted by molar-refractivity contribution is 5.78. The predicted octanol–water partition coefficient (Wildman–Crippen LogP) is 3.00. The van der Waals surface area contributed by atoms with E-state index in [0.29, 0.717) is 12.1 Å². The quantitative estimate of drug-likeness (QED) is 0.794. The highest BCUT2D eigenvalue weighted by Crippen LogP contribution is 2.17. The van der Waals surface area contributed by atoms with Gasteiger partial charge in [0.15, 0.2) is 0 Å². The van der Waals surface area contributed by atoms with E-state index in [2.05, 4.69) is 33.7 Å². The van der Waals surface area contributed by atoms with Crippen molar-refractivity contribution < 1.29 is 4.79 Å². The highest BCUT2D eigenvalue weighted by atomic mass is 16.1. The predicted molar refractivity (Wildman–Crippen MR) is 107 cm³/mol. The molecule has 0 bridgehead atoms. The van der Waals surface area contributed by atoms with E-state index in [1.54, 1.807) is 12.1 Å². The zero-order chi connectivity index (χ0) is 18.9. The van der Waals surface area contributed by atoms with Crippen LogP contribution in [-0.2, 0) is 11.3 Å². The Bertz CT molecular complexity index is 759. The van der Waals surface area contributed by atoms with Crippen LogP contribution in [0.5, 0.6) is 0 Å². The summed E-state index contributed by atoms with van der Waals surface area (Å²) in [7, 11) is 0. The molecule has 5 heteroatoms. The van der Waals surface area contributed by atoms with Crippen molar-refractivity contribution >= 4 is 11.6 Å². The number of anilines is 1. The number of carbonyl (C=O) groups is 1. The molecule has 27 heavy (non-hydrogen) atoms. The van der Waals surface area contributed by atoms with Gasteiger partial charge in [-0.15, -0.1) is 0 Å². The second kappa shape index (κ2) is 9.75. The monoisotopic (exact) mass is 362 g/mol. The van der Waals surface area contributed by atoms with E-state index in [0.717, 1.165) is 50.3 Å². The first-order valence-electron chi connectivity index (χ1n) is 9.52. The Labute approximate surface area is 161 Å². The molecule has 5 nitrogen and oxygen atoms in total. The topological polar surface area (TPSA) is 68.2 Å². The summed E-state index contributed by atoms with van der Waals surface area (Å²) in [5.41, 5.74) is 2.81. The molecule has 1 aliphatic heterocycles. The fourth-order valence-corrected chi connectivity index (χ4v) is 3.36. The molecule has 1 fully saturated rings. The first-order chi connectivity index (χ1) is 13.2. The number of likely N-dealkylation sites (tertiary alicyclic amines) is 1. The summed E-state index contributed by atoms with van der Waals surface area (Å²) in [6, 6.07) is 19.7. The van der Waals surface area contributed by atoms with Crippen molar-refractivity contribution in [2.24, 2.45) is 5.92 Å². The van der Waals surface area contributed by atoms with Gasteiger partial charge in [-0.25, -0.2) is 0 Å². The first-order valence-corrected chi connectivity index (χ1v) is 9.52. The number of nitriles is 1. The fourth-order valence-electron chi connectivity index (χ4n) is 3.36. The summed E-state index contributed by atoms with van der Waals surface area (Å²) in [6.07, 6.45) is 1.81. The summed E-state index contributed by atoms with van der Waals surface area (Å²) < 4.78 is 0. The SMILES string of the molecule is N#Cc1ccc(CNC(=O)C2CCN(CCNc3ccccc3)CC2)cc1. The molecular formula is C22H26N4O. The van der Waals surface area contributed by atoms with Crippen molar-refractivity contribution in [1.82, 2.24) is 10.2 Å². The number of rotatable bonds is 7. The molecule has 1 aliphatic rings. The maximum atomic E-state index is 12.4. The smallest absolute Gasteiger partial charge is 0.223 e. The van der Waals surface area contributed by atoms with Crippen molar-refractivity contribution in [2.75, 3.05) is 31.5 Å². The van der Waals surface area contributed by atoms with Gasteiger partial charge in [-0.05, 0) is 55.8 Å². The van der Waals surface area contributed by atoms with Gasteiger partial charge in [-0.1, -0.05) is 30.3 Å². The molecule has 0 aliphatic carbocycles. The minimum Gasteiger partial charge on any atom is -0.384 e. The van der Waals surface area contributed by atoms with Gasteiger partial charge in [-0.2, -0.15) is 5.26 Å². The Balaban J connectivity index is 1.34. The van der Waals surface area contributed by atoms with Crippen LogP contribution in [0.4, 0.5) is 5.69 Å². The first kappa shape index (κ1) is 18.9. The second-order valence-electron chi connectivity index (χ2n) is 6.94. The normalized spacial score (nSPS) is 15.1. The van der Waals surface area contributed by atoms with Crippen LogP contribution in [0.25, 0.3) is 0 Å². The summed E-state index contributed by atoms with van der Waals surface area (Å²) in [4.78, 5) is 14.8. The fraction of sp³-hybridized carbons (Fsp3) is 0.364. The molecule has 1 heterocycles. The standard InChI is InChI=1S/C22H26N4O/c23-16-18-6-8-19(9-7-18)17-25-22(27)20-10-13-26(14-11-20)15-12-24-21-4-2-1-3-5-21/h1-9,20,24H,10-15,17H2,(H,25,27). The van der Waals surface area contributed by atoms with Crippen LogP contribution in [0.15, 0.2) is 54.6 Å². The van der Waals surface area contributed by atoms with E-state index >= 15 is 0 Å². The molecule has 0 aromatic heterocycles. The molecule has 140 valence electrons. The van der Waals surface area contributed by atoms with Crippen LogP contribution < -0.4 is 10.6 Å². The van der Waals surface area contributed by atoms with Crippen LogP contribution >= 0.6 is 0 Å². The number of piperidine rings is 1. The molecule has 2 N–H and O–H groups in total. The number of benzene rings is 2. The molecular weight excluding hydrogens is 336 g/mol. The Morgan fingerprint density at radius 1 is 1.07 bits per heavy atom. The largest absolute Gasteiger partial charge is 0.384 e. The zero-order valence-electron chi connectivity index (χ0n) is 15.5. The molecule has 0 spiro atoms. The molecule has 2 aromatic carbocycles. The molecule has 1 amide bonds. The summed E-state index contributed by atoms with van der Waals surface area (Å²) >= 11 is 0. The molecule has 0 radical (unpaired) electrons. The Hall–Kier alpha value is -2.84. The van der Waals surface area contributed by atoms with E-state index < -0.39 is 0 Å².